The van der Waals surface area contributed by atoms with Crippen LogP contribution in [-0.2, 0) is 0 Å². The number of nitrogens with one attached hydrogen (secondary N) is 1. The number of hydrogen-bond acceptors (Lipinski definition) is 4. The summed E-state index contributed by atoms with van der Waals surface area (Å²) in [5, 5.41) is 17.3. The normalized spacial score (nSPS) is 23.2. The van der Waals surface area contributed by atoms with Gasteiger partial charge in [0.2, 0.25) is 0 Å². The molecule has 5 heteroatoms. The Morgan fingerprint density at radius 2 is 2.00 bits per heavy atom. The second-order valence-electron chi connectivity index (χ2n) is 4.97. The van der Waals surface area contributed by atoms with E-state index in [0.717, 1.165) is 37.2 Å². The zero-order valence-corrected chi connectivity index (χ0v) is 10.7. The first kappa shape index (κ1) is 12.2. The fourth-order valence-corrected chi connectivity index (χ4v) is 2.53. The molecular formula is C14H18N4O. The summed E-state index contributed by atoms with van der Waals surface area (Å²) >= 11 is 0. The molecule has 0 saturated heterocycles. The van der Waals surface area contributed by atoms with Crippen LogP contribution in [0.25, 0.3) is 5.82 Å². The van der Waals surface area contributed by atoms with Gasteiger partial charge >= 0.3 is 0 Å². The van der Waals surface area contributed by atoms with Crippen LogP contribution in [0.5, 0.6) is 0 Å². The van der Waals surface area contributed by atoms with Crippen molar-refractivity contribution in [2.45, 2.75) is 37.8 Å². The van der Waals surface area contributed by atoms with E-state index in [1.807, 2.05) is 24.4 Å². The number of rotatable bonds is 3. The van der Waals surface area contributed by atoms with Crippen molar-refractivity contribution in [1.82, 2.24) is 14.8 Å². The molecule has 2 aromatic heterocycles. The average molecular weight is 258 g/mol. The minimum Gasteiger partial charge on any atom is -0.393 e. The standard InChI is InChI=1S/C14H18N4O/c19-12-6-4-11(5-7-12)17-13-3-1-8-15-14(13)18-10-2-9-16-18/h1-3,8-12,17,19H,4-7H2. The Morgan fingerprint density at radius 1 is 1.16 bits per heavy atom. The van der Waals surface area contributed by atoms with Crippen LogP contribution in [0.1, 0.15) is 25.7 Å². The second-order valence-corrected chi connectivity index (χ2v) is 4.97. The minimum atomic E-state index is -0.127. The van der Waals surface area contributed by atoms with Gasteiger partial charge < -0.3 is 10.4 Å². The lowest BCUT2D eigenvalue weighted by atomic mass is 9.93. The number of anilines is 1. The van der Waals surface area contributed by atoms with E-state index in [1.165, 1.54) is 0 Å². The van der Waals surface area contributed by atoms with E-state index in [2.05, 4.69) is 15.4 Å². The van der Waals surface area contributed by atoms with Crippen LogP contribution in [0.3, 0.4) is 0 Å². The third kappa shape index (κ3) is 2.76. The summed E-state index contributed by atoms with van der Waals surface area (Å²) < 4.78 is 1.76. The van der Waals surface area contributed by atoms with Crippen LogP contribution in [-0.4, -0.2) is 32.0 Å². The number of aliphatic hydroxyl groups excluding tert-OH is 1. The number of nitrogens with zero attached hydrogens (tertiary/aromatic N) is 3. The number of aromatic nitrogens is 3. The Hall–Kier alpha value is -1.88. The van der Waals surface area contributed by atoms with Gasteiger partial charge in [-0.05, 0) is 43.9 Å². The van der Waals surface area contributed by atoms with E-state index in [-0.39, 0.29) is 6.10 Å². The highest BCUT2D eigenvalue weighted by molar-refractivity contribution is 5.56. The van der Waals surface area contributed by atoms with Crippen LogP contribution < -0.4 is 5.32 Å². The van der Waals surface area contributed by atoms with E-state index in [0.29, 0.717) is 6.04 Å². The molecule has 0 amide bonds. The van der Waals surface area contributed by atoms with Gasteiger partial charge in [-0.25, -0.2) is 9.67 Å². The van der Waals surface area contributed by atoms with Gasteiger partial charge in [0.25, 0.3) is 0 Å². The lowest BCUT2D eigenvalue weighted by Gasteiger charge is -2.27. The summed E-state index contributed by atoms with van der Waals surface area (Å²) in [5.41, 5.74) is 0.993. The molecule has 1 aliphatic rings. The first-order valence-electron chi connectivity index (χ1n) is 6.72. The molecule has 3 rings (SSSR count). The number of hydrogen-bond donors (Lipinski definition) is 2. The van der Waals surface area contributed by atoms with Gasteiger partial charge in [0.05, 0.1) is 11.8 Å². The molecule has 5 nitrogen and oxygen atoms in total. The summed E-state index contributed by atoms with van der Waals surface area (Å²) in [4.78, 5) is 4.39. The molecule has 2 N–H and O–H groups in total. The first-order valence-corrected chi connectivity index (χ1v) is 6.72. The summed E-state index contributed by atoms with van der Waals surface area (Å²) in [6.07, 6.45) is 9.01. The summed E-state index contributed by atoms with van der Waals surface area (Å²) in [5.74, 6) is 0.818. The molecule has 1 saturated carbocycles. The van der Waals surface area contributed by atoms with Crippen LogP contribution in [0.2, 0.25) is 0 Å². The Kier molecular flexibility index (Phi) is 3.46. The van der Waals surface area contributed by atoms with Crippen molar-refractivity contribution in [3.63, 3.8) is 0 Å². The van der Waals surface area contributed by atoms with Crippen LogP contribution >= 0.6 is 0 Å². The summed E-state index contributed by atoms with van der Waals surface area (Å²) in [6, 6.07) is 6.24. The Labute approximate surface area is 112 Å². The van der Waals surface area contributed by atoms with E-state index in [4.69, 9.17) is 0 Å². The predicted molar refractivity (Wildman–Crippen MR) is 73.2 cm³/mol. The molecule has 0 spiro atoms. The molecule has 100 valence electrons. The highest BCUT2D eigenvalue weighted by Crippen LogP contribution is 2.24. The first-order chi connectivity index (χ1) is 9.33. The maximum Gasteiger partial charge on any atom is 0.176 e. The van der Waals surface area contributed by atoms with Crippen molar-refractivity contribution in [2.24, 2.45) is 0 Å². The molecule has 19 heavy (non-hydrogen) atoms. The van der Waals surface area contributed by atoms with Crippen molar-refractivity contribution < 1.29 is 5.11 Å². The van der Waals surface area contributed by atoms with Gasteiger partial charge in [0.15, 0.2) is 5.82 Å². The molecule has 0 atom stereocenters. The zero-order chi connectivity index (χ0) is 13.1. The van der Waals surface area contributed by atoms with E-state index < -0.39 is 0 Å². The van der Waals surface area contributed by atoms with Crippen molar-refractivity contribution in [3.8, 4) is 5.82 Å². The molecule has 2 aromatic rings. The van der Waals surface area contributed by atoms with E-state index in [9.17, 15) is 5.11 Å². The van der Waals surface area contributed by atoms with E-state index >= 15 is 0 Å². The summed E-state index contributed by atoms with van der Waals surface area (Å²) in [6.45, 7) is 0. The van der Waals surface area contributed by atoms with Crippen molar-refractivity contribution >= 4 is 5.69 Å². The van der Waals surface area contributed by atoms with Gasteiger partial charge in [0, 0.05) is 24.6 Å². The Bertz CT molecular complexity index is 518. The molecule has 2 heterocycles. The Morgan fingerprint density at radius 3 is 2.74 bits per heavy atom. The van der Waals surface area contributed by atoms with Gasteiger partial charge in [-0.15, -0.1) is 0 Å². The average Bonchev–Trinajstić information content (AvgIpc) is 2.96. The quantitative estimate of drug-likeness (QED) is 0.883. The third-order valence-corrected chi connectivity index (χ3v) is 3.56. The number of aliphatic hydroxyl groups is 1. The fraction of sp³-hybridized carbons (Fsp3) is 0.429. The predicted octanol–water partition coefficient (Wildman–Crippen LogP) is 1.98. The zero-order valence-electron chi connectivity index (χ0n) is 10.7. The van der Waals surface area contributed by atoms with Gasteiger partial charge in [0.1, 0.15) is 0 Å². The van der Waals surface area contributed by atoms with Gasteiger partial charge in [-0.3, -0.25) is 0 Å². The summed E-state index contributed by atoms with van der Waals surface area (Å²) in [7, 11) is 0. The maximum absolute atomic E-state index is 9.54. The maximum atomic E-state index is 9.54. The number of pyridine rings is 1. The minimum absolute atomic E-state index is 0.127. The smallest absolute Gasteiger partial charge is 0.176 e. The highest BCUT2D eigenvalue weighted by Gasteiger charge is 2.20. The molecule has 0 radical (unpaired) electrons. The molecule has 0 aromatic carbocycles. The highest BCUT2D eigenvalue weighted by atomic mass is 16.3. The monoisotopic (exact) mass is 258 g/mol. The lowest BCUT2D eigenvalue weighted by molar-refractivity contribution is 0.126. The van der Waals surface area contributed by atoms with E-state index in [1.54, 1.807) is 17.1 Å². The fourth-order valence-electron chi connectivity index (χ4n) is 2.53. The third-order valence-electron chi connectivity index (χ3n) is 3.56. The van der Waals surface area contributed by atoms with Crippen LogP contribution in [0.15, 0.2) is 36.8 Å². The topological polar surface area (TPSA) is 63.0 Å². The lowest BCUT2D eigenvalue weighted by Crippen LogP contribution is -2.28. The van der Waals surface area contributed by atoms with Crippen LogP contribution in [0.4, 0.5) is 5.69 Å². The van der Waals surface area contributed by atoms with Gasteiger partial charge in [-0.1, -0.05) is 0 Å². The molecule has 1 aliphatic carbocycles. The van der Waals surface area contributed by atoms with Crippen molar-refractivity contribution in [3.05, 3.63) is 36.8 Å². The molecule has 1 fully saturated rings. The Balaban J connectivity index is 1.78. The van der Waals surface area contributed by atoms with Crippen molar-refractivity contribution in [2.75, 3.05) is 5.32 Å². The molecule has 0 bridgehead atoms. The second kappa shape index (κ2) is 5.40. The molecule has 0 aliphatic heterocycles. The SMILES string of the molecule is OC1CCC(Nc2cccnc2-n2cccn2)CC1. The largest absolute Gasteiger partial charge is 0.393 e. The van der Waals surface area contributed by atoms with Crippen molar-refractivity contribution in [1.29, 1.82) is 0 Å². The molecule has 0 unspecified atom stereocenters. The van der Waals surface area contributed by atoms with Gasteiger partial charge in [-0.2, -0.15) is 5.10 Å². The molecular weight excluding hydrogens is 240 g/mol. The van der Waals surface area contributed by atoms with Crippen LogP contribution in [0, 0.1) is 0 Å².